The van der Waals surface area contributed by atoms with Gasteiger partial charge in [-0.3, -0.25) is 4.79 Å². The van der Waals surface area contributed by atoms with Gasteiger partial charge in [-0.1, -0.05) is 30.3 Å². The highest BCUT2D eigenvalue weighted by Gasteiger charge is 2.18. The van der Waals surface area contributed by atoms with Crippen molar-refractivity contribution in [1.82, 2.24) is 5.32 Å². The van der Waals surface area contributed by atoms with Crippen molar-refractivity contribution in [3.63, 3.8) is 0 Å². The van der Waals surface area contributed by atoms with E-state index in [2.05, 4.69) is 5.32 Å². The molecule has 2 rings (SSSR count). The number of nitrogens with one attached hydrogen (secondary N) is 1. The quantitative estimate of drug-likeness (QED) is 0.933. The summed E-state index contributed by atoms with van der Waals surface area (Å²) in [6.07, 6.45) is 0. The molecule has 0 spiro atoms. The average Bonchev–Trinajstić information content (AvgIpc) is 2.45. The van der Waals surface area contributed by atoms with Gasteiger partial charge in [-0.15, -0.1) is 0 Å². The van der Waals surface area contributed by atoms with Crippen LogP contribution in [0.4, 0.5) is 8.78 Å². The fraction of sp³-hybridized carbons (Fsp3) is 0.133. The summed E-state index contributed by atoms with van der Waals surface area (Å²) in [5, 5.41) is 2.18. The third kappa shape index (κ3) is 3.12. The van der Waals surface area contributed by atoms with Gasteiger partial charge in [0.15, 0.2) is 0 Å². The lowest BCUT2D eigenvalue weighted by Crippen LogP contribution is -2.21. The van der Waals surface area contributed by atoms with Crippen LogP contribution in [0.2, 0.25) is 0 Å². The van der Waals surface area contributed by atoms with Crippen LogP contribution < -0.4 is 10.1 Å². The number of ether oxygens (including phenoxy) is 1. The van der Waals surface area contributed by atoms with Gasteiger partial charge in [-0.25, -0.2) is 8.78 Å². The number of hydrogen-bond donors (Lipinski definition) is 1. The second-order valence-electron chi connectivity index (χ2n) is 4.12. The molecule has 20 heavy (non-hydrogen) atoms. The summed E-state index contributed by atoms with van der Waals surface area (Å²) in [6.45, 7) is 0.193. The van der Waals surface area contributed by atoms with Crippen molar-refractivity contribution in [2.75, 3.05) is 7.05 Å². The third-order valence-electron chi connectivity index (χ3n) is 2.72. The van der Waals surface area contributed by atoms with E-state index in [-0.39, 0.29) is 12.4 Å². The normalized spacial score (nSPS) is 10.2. The highest BCUT2D eigenvalue weighted by molar-refractivity contribution is 5.94. The number of carbonyl (C=O) groups excluding carboxylic acids is 1. The lowest BCUT2D eigenvalue weighted by molar-refractivity contribution is 0.0954. The van der Waals surface area contributed by atoms with Gasteiger partial charge in [0.05, 0.1) is 0 Å². The van der Waals surface area contributed by atoms with E-state index in [1.165, 1.54) is 7.05 Å². The smallest absolute Gasteiger partial charge is 0.257 e. The Bertz CT molecular complexity index is 592. The van der Waals surface area contributed by atoms with E-state index < -0.39 is 23.1 Å². The van der Waals surface area contributed by atoms with Gasteiger partial charge in [-0.2, -0.15) is 0 Å². The highest BCUT2D eigenvalue weighted by atomic mass is 19.1. The van der Waals surface area contributed by atoms with Crippen LogP contribution >= 0.6 is 0 Å². The first kappa shape index (κ1) is 14.0. The molecule has 0 saturated carbocycles. The molecule has 0 heterocycles. The van der Waals surface area contributed by atoms with E-state index in [1.807, 2.05) is 30.3 Å². The van der Waals surface area contributed by atoms with Crippen LogP contribution in [0.3, 0.4) is 0 Å². The van der Waals surface area contributed by atoms with E-state index in [1.54, 1.807) is 0 Å². The predicted molar refractivity (Wildman–Crippen MR) is 70.5 cm³/mol. The highest BCUT2D eigenvalue weighted by Crippen LogP contribution is 2.21. The topological polar surface area (TPSA) is 38.3 Å². The monoisotopic (exact) mass is 277 g/mol. The van der Waals surface area contributed by atoms with Gasteiger partial charge < -0.3 is 10.1 Å². The van der Waals surface area contributed by atoms with E-state index >= 15 is 0 Å². The molecule has 0 aliphatic rings. The number of amides is 1. The Labute approximate surface area is 115 Å². The van der Waals surface area contributed by atoms with Gasteiger partial charge in [0.1, 0.15) is 29.6 Å². The van der Waals surface area contributed by atoms with Crippen molar-refractivity contribution >= 4 is 5.91 Å². The maximum Gasteiger partial charge on any atom is 0.257 e. The Morgan fingerprint density at radius 3 is 2.30 bits per heavy atom. The second kappa shape index (κ2) is 6.14. The minimum Gasteiger partial charge on any atom is -0.489 e. The van der Waals surface area contributed by atoms with Crippen LogP contribution in [0, 0.1) is 11.6 Å². The van der Waals surface area contributed by atoms with Crippen molar-refractivity contribution in [2.45, 2.75) is 6.61 Å². The first-order valence-corrected chi connectivity index (χ1v) is 5.99. The largest absolute Gasteiger partial charge is 0.489 e. The zero-order chi connectivity index (χ0) is 14.5. The summed E-state index contributed by atoms with van der Waals surface area (Å²) in [5.74, 6) is -2.68. The van der Waals surface area contributed by atoms with Crippen molar-refractivity contribution in [2.24, 2.45) is 0 Å². The Morgan fingerprint density at radius 1 is 1.15 bits per heavy atom. The van der Waals surface area contributed by atoms with Gasteiger partial charge >= 0.3 is 0 Å². The number of carbonyl (C=O) groups is 1. The van der Waals surface area contributed by atoms with Gasteiger partial charge in [-0.05, 0) is 5.56 Å². The molecule has 3 nitrogen and oxygen atoms in total. The van der Waals surface area contributed by atoms with Crippen LogP contribution in [0.5, 0.6) is 5.75 Å². The first-order valence-electron chi connectivity index (χ1n) is 5.99. The van der Waals surface area contributed by atoms with Gasteiger partial charge in [0.25, 0.3) is 5.91 Å². The molecule has 0 bridgehead atoms. The number of hydrogen-bond acceptors (Lipinski definition) is 2. The molecule has 0 atom stereocenters. The van der Waals surface area contributed by atoms with E-state index in [0.717, 1.165) is 17.7 Å². The van der Waals surface area contributed by atoms with Crippen molar-refractivity contribution < 1.29 is 18.3 Å². The molecule has 0 aromatic heterocycles. The molecule has 0 aliphatic carbocycles. The van der Waals surface area contributed by atoms with Crippen molar-refractivity contribution in [1.29, 1.82) is 0 Å². The fourth-order valence-corrected chi connectivity index (χ4v) is 1.72. The molecular formula is C15H13F2NO2. The molecule has 0 aliphatic heterocycles. The summed E-state index contributed by atoms with van der Waals surface area (Å²) < 4.78 is 32.7. The summed E-state index contributed by atoms with van der Waals surface area (Å²) in [4.78, 5) is 11.3. The molecule has 1 N–H and O–H groups in total. The molecular weight excluding hydrogens is 264 g/mol. The fourth-order valence-electron chi connectivity index (χ4n) is 1.72. The summed E-state index contributed by atoms with van der Waals surface area (Å²) in [6, 6.07) is 11.2. The van der Waals surface area contributed by atoms with Crippen LogP contribution in [0.25, 0.3) is 0 Å². The SMILES string of the molecule is CNC(=O)c1c(F)cc(OCc2ccccc2)cc1F. The molecule has 0 unspecified atom stereocenters. The zero-order valence-electron chi connectivity index (χ0n) is 10.8. The molecule has 5 heteroatoms. The molecule has 2 aromatic rings. The predicted octanol–water partition coefficient (Wildman–Crippen LogP) is 2.90. The number of halogens is 2. The Balaban J connectivity index is 2.16. The molecule has 0 radical (unpaired) electrons. The minimum atomic E-state index is -0.951. The van der Waals surface area contributed by atoms with Gasteiger partial charge in [0.2, 0.25) is 0 Å². The van der Waals surface area contributed by atoms with Crippen LogP contribution in [0.1, 0.15) is 15.9 Å². The minimum absolute atomic E-state index is 0.0384. The maximum absolute atomic E-state index is 13.7. The van der Waals surface area contributed by atoms with E-state index in [4.69, 9.17) is 4.74 Å². The lowest BCUT2D eigenvalue weighted by atomic mass is 10.1. The Morgan fingerprint density at radius 2 is 1.75 bits per heavy atom. The summed E-state index contributed by atoms with van der Waals surface area (Å²) in [7, 11) is 1.31. The van der Waals surface area contributed by atoms with E-state index in [0.29, 0.717) is 0 Å². The first-order chi connectivity index (χ1) is 9.61. The Kier molecular flexibility index (Phi) is 4.30. The van der Waals surface area contributed by atoms with E-state index in [9.17, 15) is 13.6 Å². The summed E-state index contributed by atoms with van der Waals surface area (Å²) in [5.41, 5.74) is 0.267. The van der Waals surface area contributed by atoms with Crippen molar-refractivity contribution in [3.8, 4) is 5.75 Å². The summed E-state index contributed by atoms with van der Waals surface area (Å²) >= 11 is 0. The molecule has 104 valence electrons. The Hall–Kier alpha value is -2.43. The standard InChI is InChI=1S/C15H13F2NO2/c1-18-15(19)14-12(16)7-11(8-13(14)17)20-9-10-5-3-2-4-6-10/h2-8H,9H2,1H3,(H,18,19). The zero-order valence-corrected chi connectivity index (χ0v) is 10.8. The number of rotatable bonds is 4. The molecule has 1 amide bonds. The van der Waals surface area contributed by atoms with Crippen LogP contribution in [-0.2, 0) is 6.61 Å². The average molecular weight is 277 g/mol. The van der Waals surface area contributed by atoms with Crippen LogP contribution in [0.15, 0.2) is 42.5 Å². The number of benzene rings is 2. The molecule has 0 fully saturated rings. The molecule has 2 aromatic carbocycles. The molecule has 0 saturated heterocycles. The second-order valence-corrected chi connectivity index (χ2v) is 4.12. The lowest BCUT2D eigenvalue weighted by Gasteiger charge is -2.09. The van der Waals surface area contributed by atoms with Gasteiger partial charge in [0, 0.05) is 19.2 Å². The maximum atomic E-state index is 13.7. The van der Waals surface area contributed by atoms with Crippen molar-refractivity contribution in [3.05, 3.63) is 65.2 Å². The van der Waals surface area contributed by atoms with Crippen LogP contribution in [-0.4, -0.2) is 13.0 Å². The third-order valence-corrected chi connectivity index (χ3v) is 2.72.